The maximum atomic E-state index is 11.2. The smallest absolute Gasteiger partial charge is 0.408 e. The molecule has 1 heterocycles. The van der Waals surface area contributed by atoms with Gasteiger partial charge in [0.1, 0.15) is 0 Å². The molecule has 0 radical (unpaired) electrons. The maximum Gasteiger partial charge on any atom is 0.408 e. The second-order valence-corrected chi connectivity index (χ2v) is 4.00. The fourth-order valence-electron chi connectivity index (χ4n) is 1.65. The van der Waals surface area contributed by atoms with E-state index < -0.39 is 0 Å². The van der Waals surface area contributed by atoms with Gasteiger partial charge in [0.2, 0.25) is 0 Å². The van der Waals surface area contributed by atoms with Crippen LogP contribution in [-0.4, -0.2) is 37.4 Å². The number of unbranched alkanes of at least 4 members (excludes halogenated alkanes) is 1. The number of piperidine rings is 1. The minimum absolute atomic E-state index is 0.283. The van der Waals surface area contributed by atoms with Crippen LogP contribution in [0, 0.1) is 0 Å². The lowest BCUT2D eigenvalue weighted by atomic mass is 10.1. The minimum atomic E-state index is -0.283. The second-order valence-electron chi connectivity index (χ2n) is 4.00. The van der Waals surface area contributed by atoms with Crippen LogP contribution in [0.25, 0.3) is 0 Å². The first-order chi connectivity index (χ1) is 7.33. The summed E-state index contributed by atoms with van der Waals surface area (Å²) >= 11 is 0. The van der Waals surface area contributed by atoms with E-state index in [0.29, 0.717) is 13.3 Å². The number of rotatable bonds is 5. The molecule has 0 unspecified atom stereocenters. The third-order valence-electron chi connectivity index (χ3n) is 2.63. The average Bonchev–Trinajstić information content (AvgIpc) is 2.28. The van der Waals surface area contributed by atoms with Crippen molar-refractivity contribution in [1.82, 2.24) is 10.2 Å². The lowest BCUT2D eigenvalue weighted by molar-refractivity contribution is 0.132. The minimum Gasteiger partial charge on any atom is -0.450 e. The topological polar surface area (TPSA) is 41.6 Å². The molecule has 1 N–H and O–H groups in total. The lowest BCUT2D eigenvalue weighted by Crippen LogP contribution is -2.40. The Bertz CT molecular complexity index is 179. The zero-order valence-corrected chi connectivity index (χ0v) is 9.63. The summed E-state index contributed by atoms with van der Waals surface area (Å²) in [6.45, 7) is 5.42. The van der Waals surface area contributed by atoms with E-state index in [2.05, 4.69) is 17.1 Å². The molecule has 0 atom stereocenters. The predicted molar refractivity (Wildman–Crippen MR) is 59.7 cm³/mol. The third-order valence-corrected chi connectivity index (χ3v) is 2.63. The van der Waals surface area contributed by atoms with Crippen molar-refractivity contribution in [2.75, 3.05) is 26.4 Å². The molecule has 1 aliphatic rings. The van der Waals surface area contributed by atoms with Gasteiger partial charge in [-0.05, 0) is 32.4 Å². The van der Waals surface area contributed by atoms with Gasteiger partial charge in [-0.1, -0.05) is 19.8 Å². The zero-order valence-electron chi connectivity index (χ0n) is 9.63. The van der Waals surface area contributed by atoms with Crippen molar-refractivity contribution < 1.29 is 9.53 Å². The van der Waals surface area contributed by atoms with Gasteiger partial charge in [0.15, 0.2) is 0 Å². The van der Waals surface area contributed by atoms with Crippen molar-refractivity contribution in [3.05, 3.63) is 0 Å². The van der Waals surface area contributed by atoms with Crippen molar-refractivity contribution >= 4 is 6.09 Å². The molecule has 15 heavy (non-hydrogen) atoms. The van der Waals surface area contributed by atoms with Crippen molar-refractivity contribution in [2.24, 2.45) is 0 Å². The number of likely N-dealkylation sites (tertiary alicyclic amines) is 1. The SMILES string of the molecule is CCCCOC(=O)NCN1CCCCC1. The van der Waals surface area contributed by atoms with Crippen LogP contribution in [0.5, 0.6) is 0 Å². The molecule has 1 saturated heterocycles. The van der Waals surface area contributed by atoms with Gasteiger partial charge in [-0.15, -0.1) is 0 Å². The van der Waals surface area contributed by atoms with Gasteiger partial charge < -0.3 is 10.1 Å². The second kappa shape index (κ2) is 7.51. The molecule has 4 heteroatoms. The first kappa shape index (κ1) is 12.3. The summed E-state index contributed by atoms with van der Waals surface area (Å²) in [5, 5.41) is 2.78. The van der Waals surface area contributed by atoms with Gasteiger partial charge in [0.05, 0.1) is 13.3 Å². The average molecular weight is 214 g/mol. The Morgan fingerprint density at radius 2 is 2.07 bits per heavy atom. The third kappa shape index (κ3) is 5.62. The van der Waals surface area contributed by atoms with E-state index in [1.165, 1.54) is 19.3 Å². The summed E-state index contributed by atoms with van der Waals surface area (Å²) in [6, 6.07) is 0. The first-order valence-electron chi connectivity index (χ1n) is 5.96. The van der Waals surface area contributed by atoms with E-state index in [1.807, 2.05) is 0 Å². The molecule has 0 aromatic rings. The van der Waals surface area contributed by atoms with E-state index in [0.717, 1.165) is 25.9 Å². The van der Waals surface area contributed by atoms with E-state index in [4.69, 9.17) is 4.74 Å². The number of ether oxygens (including phenoxy) is 1. The number of hydrogen-bond donors (Lipinski definition) is 1. The molecular formula is C11H22N2O2. The molecule has 1 aliphatic heterocycles. The molecular weight excluding hydrogens is 192 g/mol. The number of carbonyl (C=O) groups excluding carboxylic acids is 1. The highest BCUT2D eigenvalue weighted by Gasteiger charge is 2.10. The number of alkyl carbamates (subject to hydrolysis) is 1. The van der Waals surface area contributed by atoms with Gasteiger partial charge in [0, 0.05) is 0 Å². The Hall–Kier alpha value is -0.770. The molecule has 0 aromatic heterocycles. The van der Waals surface area contributed by atoms with Crippen molar-refractivity contribution in [3.63, 3.8) is 0 Å². The molecule has 1 fully saturated rings. The summed E-state index contributed by atoms with van der Waals surface area (Å²) < 4.78 is 5.00. The Labute approximate surface area is 92.0 Å². The van der Waals surface area contributed by atoms with Crippen LogP contribution < -0.4 is 5.32 Å². The standard InChI is InChI=1S/C11H22N2O2/c1-2-3-9-15-11(14)12-10-13-7-5-4-6-8-13/h2-10H2,1H3,(H,12,14). The molecule has 1 amide bonds. The van der Waals surface area contributed by atoms with Crippen LogP contribution in [0.1, 0.15) is 39.0 Å². The van der Waals surface area contributed by atoms with E-state index in [1.54, 1.807) is 0 Å². The Balaban J connectivity index is 2.00. The van der Waals surface area contributed by atoms with E-state index in [-0.39, 0.29) is 6.09 Å². The molecule has 0 saturated carbocycles. The van der Waals surface area contributed by atoms with Crippen LogP contribution in [-0.2, 0) is 4.74 Å². The van der Waals surface area contributed by atoms with Gasteiger partial charge >= 0.3 is 6.09 Å². The fourth-order valence-corrected chi connectivity index (χ4v) is 1.65. The summed E-state index contributed by atoms with van der Waals surface area (Å²) in [7, 11) is 0. The molecule has 0 aliphatic carbocycles. The van der Waals surface area contributed by atoms with Crippen molar-refractivity contribution in [1.29, 1.82) is 0 Å². The first-order valence-corrected chi connectivity index (χ1v) is 5.96. The van der Waals surface area contributed by atoms with Crippen LogP contribution in [0.15, 0.2) is 0 Å². The number of nitrogens with one attached hydrogen (secondary N) is 1. The molecule has 4 nitrogen and oxygen atoms in total. The quantitative estimate of drug-likeness (QED) is 0.711. The van der Waals surface area contributed by atoms with Gasteiger partial charge in [-0.25, -0.2) is 4.79 Å². The molecule has 0 aromatic carbocycles. The number of carbonyl (C=O) groups is 1. The zero-order chi connectivity index (χ0) is 10.9. The molecule has 0 spiro atoms. The van der Waals surface area contributed by atoms with Crippen LogP contribution in [0.3, 0.4) is 0 Å². The van der Waals surface area contributed by atoms with Crippen LogP contribution in [0.4, 0.5) is 4.79 Å². The van der Waals surface area contributed by atoms with Gasteiger partial charge in [-0.3, -0.25) is 4.90 Å². The van der Waals surface area contributed by atoms with Gasteiger partial charge in [0.25, 0.3) is 0 Å². The largest absolute Gasteiger partial charge is 0.450 e. The fraction of sp³-hybridized carbons (Fsp3) is 0.909. The Morgan fingerprint density at radius 3 is 2.73 bits per heavy atom. The highest BCUT2D eigenvalue weighted by Crippen LogP contribution is 2.06. The highest BCUT2D eigenvalue weighted by atomic mass is 16.5. The Morgan fingerprint density at radius 1 is 1.33 bits per heavy atom. The monoisotopic (exact) mass is 214 g/mol. The predicted octanol–water partition coefficient (Wildman–Crippen LogP) is 1.96. The normalized spacial score (nSPS) is 17.4. The summed E-state index contributed by atoms with van der Waals surface area (Å²) in [5.74, 6) is 0. The lowest BCUT2D eigenvalue weighted by Gasteiger charge is -2.26. The molecule has 88 valence electrons. The number of hydrogen-bond acceptors (Lipinski definition) is 3. The Kier molecular flexibility index (Phi) is 6.16. The van der Waals surface area contributed by atoms with E-state index >= 15 is 0 Å². The van der Waals surface area contributed by atoms with Crippen LogP contribution >= 0.6 is 0 Å². The summed E-state index contributed by atoms with van der Waals surface area (Å²) in [4.78, 5) is 13.5. The molecule has 0 bridgehead atoms. The number of nitrogens with zero attached hydrogens (tertiary/aromatic N) is 1. The number of amides is 1. The summed E-state index contributed by atoms with van der Waals surface area (Å²) in [5.41, 5.74) is 0. The van der Waals surface area contributed by atoms with Crippen molar-refractivity contribution in [3.8, 4) is 0 Å². The van der Waals surface area contributed by atoms with Crippen LogP contribution in [0.2, 0.25) is 0 Å². The van der Waals surface area contributed by atoms with Gasteiger partial charge in [-0.2, -0.15) is 0 Å². The summed E-state index contributed by atoms with van der Waals surface area (Å²) in [6.07, 6.45) is 5.52. The van der Waals surface area contributed by atoms with E-state index in [9.17, 15) is 4.79 Å². The van der Waals surface area contributed by atoms with Crippen molar-refractivity contribution in [2.45, 2.75) is 39.0 Å². The highest BCUT2D eigenvalue weighted by molar-refractivity contribution is 5.66. The maximum absolute atomic E-state index is 11.2. The molecule has 1 rings (SSSR count).